The van der Waals surface area contributed by atoms with Crippen molar-refractivity contribution in [2.45, 2.75) is 13.5 Å². The predicted octanol–water partition coefficient (Wildman–Crippen LogP) is 2.82. The van der Waals surface area contributed by atoms with Gasteiger partial charge in [-0.2, -0.15) is 0 Å². The van der Waals surface area contributed by atoms with Crippen molar-refractivity contribution in [1.82, 2.24) is 9.47 Å². The SMILES string of the molecule is CCn1cc(C(=O)O)c(=O)c2cc(F)c(N3CCN(CN4C(=O)C(=O)c5cc(Cl)ccc54)CC3)cc21. The van der Waals surface area contributed by atoms with Crippen LogP contribution in [-0.4, -0.2) is 65.1 Å². The van der Waals surface area contributed by atoms with Gasteiger partial charge in [-0.3, -0.25) is 24.2 Å². The summed E-state index contributed by atoms with van der Waals surface area (Å²) in [6.07, 6.45) is 1.28. The van der Waals surface area contributed by atoms with Crippen molar-refractivity contribution >= 4 is 51.5 Å². The fourth-order valence-electron chi connectivity index (χ4n) is 4.80. The molecule has 0 saturated carbocycles. The van der Waals surface area contributed by atoms with E-state index in [1.54, 1.807) is 22.8 Å². The van der Waals surface area contributed by atoms with E-state index in [1.165, 1.54) is 17.2 Å². The maximum atomic E-state index is 15.1. The number of halogens is 2. The normalized spacial score (nSPS) is 16.2. The number of hydrogen-bond donors (Lipinski definition) is 1. The molecule has 3 aromatic rings. The van der Waals surface area contributed by atoms with E-state index in [-0.39, 0.29) is 17.6 Å². The van der Waals surface area contributed by atoms with Crippen LogP contribution in [-0.2, 0) is 11.3 Å². The molecular formula is C25H22ClFN4O5. The van der Waals surface area contributed by atoms with Gasteiger partial charge in [0.2, 0.25) is 5.43 Å². The number of nitrogens with zero attached hydrogens (tertiary/aromatic N) is 4. The largest absolute Gasteiger partial charge is 0.477 e. The molecule has 11 heteroatoms. The van der Waals surface area contributed by atoms with Gasteiger partial charge in [-0.15, -0.1) is 0 Å². The van der Waals surface area contributed by atoms with Crippen LogP contribution in [0, 0.1) is 5.82 Å². The van der Waals surface area contributed by atoms with Gasteiger partial charge in [0.15, 0.2) is 0 Å². The summed E-state index contributed by atoms with van der Waals surface area (Å²) in [5, 5.41) is 9.73. The number of Topliss-reactive ketones (excluding diaryl/α,β-unsaturated/α-hetero) is 1. The molecule has 2 aromatic carbocycles. The zero-order valence-electron chi connectivity index (χ0n) is 19.3. The highest BCUT2D eigenvalue weighted by Gasteiger charge is 2.37. The number of aromatic nitrogens is 1. The van der Waals surface area contributed by atoms with Gasteiger partial charge in [0.1, 0.15) is 11.4 Å². The average Bonchev–Trinajstić information content (AvgIpc) is 3.09. The van der Waals surface area contributed by atoms with Crippen molar-refractivity contribution in [2.75, 3.05) is 42.6 Å². The van der Waals surface area contributed by atoms with E-state index < -0.39 is 34.5 Å². The van der Waals surface area contributed by atoms with Crippen LogP contribution in [0.3, 0.4) is 0 Å². The fraction of sp³-hybridized carbons (Fsp3) is 0.280. The topological polar surface area (TPSA) is 103 Å². The lowest BCUT2D eigenvalue weighted by molar-refractivity contribution is -0.114. The summed E-state index contributed by atoms with van der Waals surface area (Å²) in [7, 11) is 0. The molecule has 186 valence electrons. The fourth-order valence-corrected chi connectivity index (χ4v) is 4.97. The highest BCUT2D eigenvalue weighted by atomic mass is 35.5. The number of aromatic carboxylic acids is 1. The Morgan fingerprint density at radius 3 is 2.44 bits per heavy atom. The lowest BCUT2D eigenvalue weighted by atomic mass is 10.1. The van der Waals surface area contributed by atoms with E-state index in [1.807, 2.05) is 16.7 Å². The number of amides is 1. The first-order valence-corrected chi connectivity index (χ1v) is 11.8. The maximum absolute atomic E-state index is 15.1. The van der Waals surface area contributed by atoms with E-state index in [0.717, 1.165) is 6.07 Å². The number of aryl methyl sites for hydroxylation is 1. The Kier molecular flexibility index (Phi) is 6.01. The summed E-state index contributed by atoms with van der Waals surface area (Å²) in [6.45, 7) is 4.37. The van der Waals surface area contributed by atoms with Crippen molar-refractivity contribution in [1.29, 1.82) is 0 Å². The minimum absolute atomic E-state index is 0.0209. The highest BCUT2D eigenvalue weighted by Crippen LogP contribution is 2.32. The number of carbonyl (C=O) groups is 3. The molecule has 2 aliphatic heterocycles. The number of rotatable bonds is 5. The lowest BCUT2D eigenvalue weighted by Gasteiger charge is -2.37. The Bertz CT molecular complexity index is 1500. The molecule has 1 saturated heterocycles. The van der Waals surface area contributed by atoms with Gasteiger partial charge in [0, 0.05) is 49.3 Å². The summed E-state index contributed by atoms with van der Waals surface area (Å²) < 4.78 is 16.7. The van der Waals surface area contributed by atoms with Gasteiger partial charge >= 0.3 is 11.9 Å². The lowest BCUT2D eigenvalue weighted by Crippen LogP contribution is -2.51. The zero-order valence-corrected chi connectivity index (χ0v) is 20.1. The first kappa shape index (κ1) is 24.0. The van der Waals surface area contributed by atoms with Crippen LogP contribution < -0.4 is 15.2 Å². The molecule has 5 rings (SSSR count). The Labute approximate surface area is 209 Å². The van der Waals surface area contributed by atoms with Gasteiger partial charge in [-0.1, -0.05) is 11.6 Å². The molecule has 0 unspecified atom stereocenters. The molecule has 9 nitrogen and oxygen atoms in total. The summed E-state index contributed by atoms with van der Waals surface area (Å²) in [5.41, 5.74) is 0.475. The molecule has 1 N–H and O–H groups in total. The number of ketones is 1. The van der Waals surface area contributed by atoms with E-state index in [2.05, 4.69) is 0 Å². The van der Waals surface area contributed by atoms with Crippen LogP contribution in [0.5, 0.6) is 0 Å². The first-order valence-electron chi connectivity index (χ1n) is 11.4. The third-order valence-electron chi connectivity index (χ3n) is 6.71. The van der Waals surface area contributed by atoms with Crippen LogP contribution in [0.2, 0.25) is 5.02 Å². The molecule has 1 fully saturated rings. The Hall–Kier alpha value is -3.76. The van der Waals surface area contributed by atoms with Gasteiger partial charge in [0.25, 0.3) is 5.78 Å². The van der Waals surface area contributed by atoms with Gasteiger partial charge in [0.05, 0.1) is 29.1 Å². The third kappa shape index (κ3) is 3.92. The van der Waals surface area contributed by atoms with Crippen LogP contribution in [0.4, 0.5) is 15.8 Å². The minimum Gasteiger partial charge on any atom is -0.477 e. The van der Waals surface area contributed by atoms with E-state index in [9.17, 15) is 24.3 Å². The van der Waals surface area contributed by atoms with Crippen molar-refractivity contribution in [3.63, 3.8) is 0 Å². The summed E-state index contributed by atoms with van der Waals surface area (Å²) in [5.74, 6) is -3.15. The quantitative estimate of drug-likeness (QED) is 0.524. The Morgan fingerprint density at radius 2 is 1.78 bits per heavy atom. The number of carboxylic acids is 1. The second-order valence-electron chi connectivity index (χ2n) is 8.75. The smallest absolute Gasteiger partial charge is 0.341 e. The number of pyridine rings is 1. The molecule has 1 aromatic heterocycles. The molecule has 1 amide bonds. The molecular weight excluding hydrogens is 491 g/mol. The van der Waals surface area contributed by atoms with Crippen LogP contribution >= 0.6 is 11.6 Å². The monoisotopic (exact) mass is 512 g/mol. The first-order chi connectivity index (χ1) is 17.2. The highest BCUT2D eigenvalue weighted by molar-refractivity contribution is 6.52. The van der Waals surface area contributed by atoms with E-state index in [0.29, 0.717) is 54.6 Å². The van der Waals surface area contributed by atoms with Gasteiger partial charge in [-0.05, 0) is 37.3 Å². The summed E-state index contributed by atoms with van der Waals surface area (Å²) in [6, 6.07) is 7.47. The van der Waals surface area contributed by atoms with E-state index in [4.69, 9.17) is 11.6 Å². The number of piperazine rings is 1. The zero-order chi connectivity index (χ0) is 25.7. The van der Waals surface area contributed by atoms with Gasteiger partial charge < -0.3 is 14.6 Å². The van der Waals surface area contributed by atoms with Crippen LogP contribution in [0.15, 0.2) is 41.3 Å². The van der Waals surface area contributed by atoms with Crippen molar-refractivity contribution in [3.8, 4) is 0 Å². The molecule has 36 heavy (non-hydrogen) atoms. The van der Waals surface area contributed by atoms with Crippen LogP contribution in [0.25, 0.3) is 10.9 Å². The molecule has 0 atom stereocenters. The molecule has 2 aliphatic rings. The van der Waals surface area contributed by atoms with Crippen molar-refractivity contribution < 1.29 is 23.9 Å². The van der Waals surface area contributed by atoms with Crippen molar-refractivity contribution in [2.24, 2.45) is 0 Å². The average molecular weight is 513 g/mol. The Morgan fingerprint density at radius 1 is 1.06 bits per heavy atom. The predicted molar refractivity (Wildman–Crippen MR) is 133 cm³/mol. The molecule has 0 spiro atoms. The van der Waals surface area contributed by atoms with Crippen LogP contribution in [0.1, 0.15) is 27.6 Å². The standard InChI is InChI=1S/C25H22ClFN4O5/c1-2-29-12-17(25(35)36)22(32)16-10-18(27)21(11-20(16)29)30-7-5-28(6-8-30)13-31-19-4-3-14(26)9-15(19)23(33)24(31)34/h3-4,9-12H,2,5-8,13H2,1H3,(H,35,36). The number of carbonyl (C=O) groups excluding carboxylic acids is 2. The molecule has 3 heterocycles. The second-order valence-corrected chi connectivity index (χ2v) is 9.19. The molecule has 0 aliphatic carbocycles. The third-order valence-corrected chi connectivity index (χ3v) is 6.94. The maximum Gasteiger partial charge on any atom is 0.341 e. The van der Waals surface area contributed by atoms with Crippen molar-refractivity contribution in [3.05, 3.63) is 68.7 Å². The minimum atomic E-state index is -1.35. The number of benzene rings is 2. The van der Waals surface area contributed by atoms with Gasteiger partial charge in [-0.25, -0.2) is 9.18 Å². The molecule has 0 radical (unpaired) electrons. The summed E-state index contributed by atoms with van der Waals surface area (Å²) >= 11 is 5.98. The Balaban J connectivity index is 1.36. The second kappa shape index (κ2) is 9.03. The number of carboxylic acid groups (broad SMARTS) is 1. The number of fused-ring (bicyclic) bond motifs is 2. The summed E-state index contributed by atoms with van der Waals surface area (Å²) in [4.78, 5) is 54.2. The number of anilines is 2. The van der Waals surface area contributed by atoms with E-state index >= 15 is 4.39 Å². The molecule has 0 bridgehead atoms. The number of hydrogen-bond acceptors (Lipinski definition) is 6.